The molecule has 0 rings (SSSR count). The maximum Gasteiger partial charge on any atom is 0.439 e. The van der Waals surface area contributed by atoms with Crippen LogP contribution in [0.3, 0.4) is 0 Å². The molecule has 0 saturated carbocycles. The third-order valence-electron chi connectivity index (χ3n) is 1.38. The molecule has 84 valence electrons. The maximum atomic E-state index is 11.3. The Hall–Kier alpha value is -1.23. The average Bonchev–Trinajstić information content (AvgIpc) is 2.01. The maximum absolute atomic E-state index is 11.3. The molecule has 0 spiro atoms. The molecule has 2 amide bonds. The van der Waals surface area contributed by atoms with Crippen LogP contribution in [-0.4, -0.2) is 26.3 Å². The Morgan fingerprint density at radius 1 is 1.07 bits per heavy atom. The van der Waals surface area contributed by atoms with Gasteiger partial charge in [0, 0.05) is 11.1 Å². The van der Waals surface area contributed by atoms with E-state index < -0.39 is 19.6 Å². The minimum absolute atomic E-state index is 0.141. The van der Waals surface area contributed by atoms with Gasteiger partial charge in [-0.2, -0.15) is 4.67 Å². The van der Waals surface area contributed by atoms with Crippen molar-refractivity contribution in [3.8, 4) is 0 Å². The van der Waals surface area contributed by atoms with Gasteiger partial charge in [-0.3, -0.25) is 9.59 Å². The zero-order chi connectivity index (χ0) is 12.4. The van der Waals surface area contributed by atoms with Gasteiger partial charge in [0.2, 0.25) is 0 Å². The highest BCUT2D eigenvalue weighted by molar-refractivity contribution is 7.50. The Balaban J connectivity index is 5.37. The van der Waals surface area contributed by atoms with Crippen LogP contribution in [0.2, 0.25) is 0 Å². The molecule has 15 heavy (non-hydrogen) atoms. The normalized spacial score (nSPS) is 10.7. The second kappa shape index (κ2) is 4.53. The van der Waals surface area contributed by atoms with Crippen molar-refractivity contribution >= 4 is 19.6 Å². The topological polar surface area (TPSA) is 94.9 Å². The van der Waals surface area contributed by atoms with Crippen LogP contribution in [0.25, 0.3) is 0 Å². The van der Waals surface area contributed by atoms with Gasteiger partial charge in [0.1, 0.15) is 0 Å². The predicted octanol–water partition coefficient (Wildman–Crippen LogP) is 0.587. The summed E-state index contributed by atoms with van der Waals surface area (Å²) >= 11 is 0. The molecule has 0 aliphatic rings. The van der Waals surface area contributed by atoms with Gasteiger partial charge in [-0.15, -0.1) is 0 Å². The zero-order valence-electron chi connectivity index (χ0n) is 8.43. The first-order valence-corrected chi connectivity index (χ1v) is 5.41. The number of carbonyl (C=O) groups is 2. The molecule has 0 unspecified atom stereocenters. The lowest BCUT2D eigenvalue weighted by Crippen LogP contribution is -2.34. The van der Waals surface area contributed by atoms with Gasteiger partial charge in [-0.05, 0) is 13.8 Å². The standard InChI is InChI=1S/C8H12NO5P/c1-5(2)7(10)9(15(12,13)14)8(11)6(3)4/h1,3H2,2,4H3,(H2,12,13,14). The van der Waals surface area contributed by atoms with E-state index in [0.717, 1.165) is 0 Å². The number of hydrogen-bond acceptors (Lipinski definition) is 3. The smallest absolute Gasteiger partial charge is 0.308 e. The second-order valence-electron chi connectivity index (χ2n) is 3.00. The lowest BCUT2D eigenvalue weighted by Gasteiger charge is -2.21. The summed E-state index contributed by atoms with van der Waals surface area (Å²) < 4.78 is 10.8. The van der Waals surface area contributed by atoms with Gasteiger partial charge >= 0.3 is 7.75 Å². The van der Waals surface area contributed by atoms with Gasteiger partial charge in [-0.25, -0.2) is 4.57 Å². The summed E-state index contributed by atoms with van der Waals surface area (Å²) in [5.74, 6) is -2.23. The minimum atomic E-state index is -4.98. The van der Waals surface area contributed by atoms with E-state index in [0.29, 0.717) is 0 Å². The van der Waals surface area contributed by atoms with E-state index in [2.05, 4.69) is 13.2 Å². The third-order valence-corrected chi connectivity index (χ3v) is 2.26. The first-order valence-electron chi connectivity index (χ1n) is 3.85. The fourth-order valence-corrected chi connectivity index (χ4v) is 1.51. The summed E-state index contributed by atoms with van der Waals surface area (Å²) in [4.78, 5) is 40.3. The molecule has 7 heteroatoms. The average molecular weight is 233 g/mol. The van der Waals surface area contributed by atoms with E-state index in [1.165, 1.54) is 13.8 Å². The molecule has 0 aromatic carbocycles. The first kappa shape index (κ1) is 13.8. The number of amides is 2. The fraction of sp³-hybridized carbons (Fsp3) is 0.250. The van der Waals surface area contributed by atoms with Gasteiger partial charge in [0.15, 0.2) is 0 Å². The molecule has 0 aromatic heterocycles. The van der Waals surface area contributed by atoms with E-state index in [9.17, 15) is 14.2 Å². The van der Waals surface area contributed by atoms with Crippen molar-refractivity contribution in [3.63, 3.8) is 0 Å². The number of imide groups is 1. The lowest BCUT2D eigenvalue weighted by molar-refractivity contribution is -0.135. The number of carbonyl (C=O) groups excluding carboxylic acids is 2. The summed E-state index contributed by atoms with van der Waals surface area (Å²) in [5, 5.41) is 0. The monoisotopic (exact) mass is 233 g/mol. The quantitative estimate of drug-likeness (QED) is 0.549. The van der Waals surface area contributed by atoms with E-state index in [4.69, 9.17) is 9.79 Å². The SMILES string of the molecule is C=C(C)C(=O)N(C(=O)C(=C)C)P(=O)(O)O. The summed E-state index contributed by atoms with van der Waals surface area (Å²) in [6, 6.07) is 0. The Kier molecular flexibility index (Phi) is 4.16. The molecule has 0 bridgehead atoms. The van der Waals surface area contributed by atoms with Crippen molar-refractivity contribution in [2.75, 3.05) is 0 Å². The van der Waals surface area contributed by atoms with Gasteiger partial charge < -0.3 is 9.79 Å². The summed E-state index contributed by atoms with van der Waals surface area (Å²) in [7, 11) is -4.98. The minimum Gasteiger partial charge on any atom is -0.308 e. The van der Waals surface area contributed by atoms with Crippen LogP contribution in [0.1, 0.15) is 13.8 Å². The van der Waals surface area contributed by atoms with Gasteiger partial charge in [-0.1, -0.05) is 13.2 Å². The molecular weight excluding hydrogens is 221 g/mol. The van der Waals surface area contributed by atoms with E-state index in [1.54, 1.807) is 0 Å². The van der Waals surface area contributed by atoms with Gasteiger partial charge in [0.05, 0.1) is 0 Å². The number of nitrogens with zero attached hydrogens (tertiary/aromatic N) is 1. The fourth-order valence-electron chi connectivity index (χ4n) is 0.690. The molecular formula is C8H12NO5P. The summed E-state index contributed by atoms with van der Waals surface area (Å²) in [6.07, 6.45) is 0. The molecule has 0 saturated heterocycles. The highest BCUT2D eigenvalue weighted by Crippen LogP contribution is 2.41. The molecule has 0 fully saturated rings. The Bertz CT molecular complexity index is 354. The highest BCUT2D eigenvalue weighted by Gasteiger charge is 2.36. The lowest BCUT2D eigenvalue weighted by atomic mass is 10.3. The van der Waals surface area contributed by atoms with Crippen LogP contribution in [-0.2, 0) is 14.2 Å². The van der Waals surface area contributed by atoms with Crippen LogP contribution in [0.4, 0.5) is 0 Å². The molecule has 6 nitrogen and oxygen atoms in total. The Morgan fingerprint density at radius 3 is 1.47 bits per heavy atom. The zero-order valence-corrected chi connectivity index (χ0v) is 9.32. The van der Waals surface area contributed by atoms with Crippen LogP contribution in [0.5, 0.6) is 0 Å². The molecule has 0 radical (unpaired) electrons. The second-order valence-corrected chi connectivity index (χ2v) is 4.42. The van der Waals surface area contributed by atoms with Crippen molar-refractivity contribution in [3.05, 3.63) is 24.3 Å². The Morgan fingerprint density at radius 2 is 1.33 bits per heavy atom. The molecule has 0 atom stereocenters. The molecule has 0 aliphatic heterocycles. The molecule has 0 aromatic rings. The van der Waals surface area contributed by atoms with Crippen LogP contribution >= 0.6 is 7.75 Å². The van der Waals surface area contributed by atoms with Gasteiger partial charge in [0.25, 0.3) is 11.8 Å². The molecule has 0 aliphatic carbocycles. The highest BCUT2D eigenvalue weighted by atomic mass is 31.2. The van der Waals surface area contributed by atoms with Crippen LogP contribution in [0.15, 0.2) is 24.3 Å². The molecule has 2 N–H and O–H groups in total. The van der Waals surface area contributed by atoms with Crippen molar-refractivity contribution < 1.29 is 23.9 Å². The summed E-state index contributed by atoms with van der Waals surface area (Å²) in [6.45, 7) is 8.92. The third kappa shape index (κ3) is 3.43. The van der Waals surface area contributed by atoms with Crippen molar-refractivity contribution in [2.45, 2.75) is 13.8 Å². The van der Waals surface area contributed by atoms with Crippen molar-refractivity contribution in [1.29, 1.82) is 0 Å². The van der Waals surface area contributed by atoms with E-state index in [-0.39, 0.29) is 15.8 Å². The summed E-state index contributed by atoms with van der Waals surface area (Å²) in [5.41, 5.74) is -0.291. The van der Waals surface area contributed by atoms with Crippen molar-refractivity contribution in [1.82, 2.24) is 4.67 Å². The van der Waals surface area contributed by atoms with Crippen LogP contribution < -0.4 is 0 Å². The molecule has 0 heterocycles. The number of hydrogen-bond donors (Lipinski definition) is 2. The predicted molar refractivity (Wildman–Crippen MR) is 53.5 cm³/mol. The van der Waals surface area contributed by atoms with E-state index >= 15 is 0 Å². The largest absolute Gasteiger partial charge is 0.439 e. The van der Waals surface area contributed by atoms with Crippen molar-refractivity contribution in [2.24, 2.45) is 0 Å². The van der Waals surface area contributed by atoms with E-state index in [1.807, 2.05) is 0 Å². The Labute approximate surface area is 87.1 Å². The first-order chi connectivity index (χ1) is 6.59. The number of rotatable bonds is 3. The van der Waals surface area contributed by atoms with Crippen LogP contribution in [0, 0.1) is 0 Å².